The fourth-order valence-electron chi connectivity index (χ4n) is 4.76. The minimum atomic E-state index is -2.08. The van der Waals surface area contributed by atoms with E-state index in [4.69, 9.17) is 18.9 Å². The lowest BCUT2D eigenvalue weighted by molar-refractivity contribution is -0.138. The van der Waals surface area contributed by atoms with E-state index in [-0.39, 0.29) is 11.1 Å². The number of hydrogen-bond acceptors (Lipinski definition) is 10. The van der Waals surface area contributed by atoms with Crippen LogP contribution in [-0.2, 0) is 19.1 Å². The summed E-state index contributed by atoms with van der Waals surface area (Å²) < 4.78 is 89.8. The molecule has 54 heavy (non-hydrogen) atoms. The van der Waals surface area contributed by atoms with Gasteiger partial charge >= 0.3 is 23.9 Å². The molecule has 0 unspecified atom stereocenters. The molecule has 0 heterocycles. The van der Waals surface area contributed by atoms with Gasteiger partial charge in [0.1, 0.15) is 11.5 Å². The molecular formula is C40H42F4O10. The molecule has 0 aliphatic carbocycles. The van der Waals surface area contributed by atoms with Gasteiger partial charge in [-0.05, 0) is 74.2 Å². The molecule has 14 heteroatoms. The first-order chi connectivity index (χ1) is 26.0. The van der Waals surface area contributed by atoms with Crippen molar-refractivity contribution in [3.63, 3.8) is 0 Å². The Kier molecular flexibility index (Phi) is 18.3. The summed E-state index contributed by atoms with van der Waals surface area (Å²) in [5, 5.41) is 0. The Morgan fingerprint density at radius 1 is 0.463 bits per heavy atom. The lowest BCUT2D eigenvalue weighted by atomic mass is 10.1. The SMILES string of the molecule is C=CC(=O)OCCCCCCCOc1ccc(C(=O)Oc2c(F)c(F)c(OC(=O)c3ccc(OCCCCCCCOC(=O)C=C)cc3)c(F)c2F)cc1. The predicted octanol–water partition coefficient (Wildman–Crippen LogP) is 8.80. The summed E-state index contributed by atoms with van der Waals surface area (Å²) in [5.41, 5.74) is -0.384. The van der Waals surface area contributed by atoms with Gasteiger partial charge in [-0.25, -0.2) is 19.2 Å². The van der Waals surface area contributed by atoms with Gasteiger partial charge in [-0.3, -0.25) is 0 Å². The molecule has 3 rings (SSSR count). The molecule has 0 radical (unpaired) electrons. The number of ether oxygens (including phenoxy) is 6. The van der Waals surface area contributed by atoms with Gasteiger partial charge in [-0.2, -0.15) is 17.6 Å². The third kappa shape index (κ3) is 14.1. The van der Waals surface area contributed by atoms with E-state index >= 15 is 0 Å². The number of esters is 4. The van der Waals surface area contributed by atoms with E-state index in [2.05, 4.69) is 22.6 Å². The number of hydrogen-bond donors (Lipinski definition) is 0. The molecule has 0 saturated carbocycles. The van der Waals surface area contributed by atoms with Crippen molar-refractivity contribution in [1.82, 2.24) is 0 Å². The van der Waals surface area contributed by atoms with Crippen LogP contribution in [0.2, 0.25) is 0 Å². The fraction of sp³-hybridized carbons (Fsp3) is 0.350. The summed E-state index contributed by atoms with van der Waals surface area (Å²) in [6.07, 6.45) is 10.5. The Morgan fingerprint density at radius 3 is 1.07 bits per heavy atom. The lowest BCUT2D eigenvalue weighted by Crippen LogP contribution is -2.16. The van der Waals surface area contributed by atoms with Crippen LogP contribution in [0.3, 0.4) is 0 Å². The normalized spacial score (nSPS) is 10.6. The van der Waals surface area contributed by atoms with Crippen molar-refractivity contribution < 1.29 is 65.2 Å². The molecule has 10 nitrogen and oxygen atoms in total. The van der Waals surface area contributed by atoms with E-state index in [9.17, 15) is 36.7 Å². The second-order valence-electron chi connectivity index (χ2n) is 11.7. The van der Waals surface area contributed by atoms with Crippen LogP contribution in [0.4, 0.5) is 17.6 Å². The van der Waals surface area contributed by atoms with Crippen LogP contribution in [0.25, 0.3) is 0 Å². The van der Waals surface area contributed by atoms with Gasteiger partial charge in [0, 0.05) is 12.2 Å². The van der Waals surface area contributed by atoms with Crippen molar-refractivity contribution in [2.45, 2.75) is 64.2 Å². The van der Waals surface area contributed by atoms with Crippen molar-refractivity contribution in [2.75, 3.05) is 26.4 Å². The molecule has 0 aromatic heterocycles. The van der Waals surface area contributed by atoms with Crippen LogP contribution in [-0.4, -0.2) is 50.3 Å². The number of carbonyl (C=O) groups is 4. The van der Waals surface area contributed by atoms with Crippen molar-refractivity contribution in [1.29, 1.82) is 0 Å². The lowest BCUT2D eigenvalue weighted by Gasteiger charge is -2.13. The average Bonchev–Trinajstić information content (AvgIpc) is 3.19. The molecule has 0 atom stereocenters. The molecule has 3 aromatic rings. The molecule has 0 N–H and O–H groups in total. The van der Waals surface area contributed by atoms with Gasteiger partial charge in [0.2, 0.25) is 34.8 Å². The average molecular weight is 759 g/mol. The summed E-state index contributed by atoms with van der Waals surface area (Å²) in [6, 6.07) is 10.6. The maximum atomic E-state index is 14.8. The minimum Gasteiger partial charge on any atom is -0.494 e. The van der Waals surface area contributed by atoms with E-state index in [0.29, 0.717) is 37.9 Å². The Balaban J connectivity index is 1.44. The standard InChI is InChI=1S/C40H42F4O10/c1-3-31(45)51-25-13-9-5-7-11-23-49-29-19-15-27(16-20-29)39(47)53-37-33(41)35(43)38(36(44)34(37)42)54-40(48)28-17-21-30(22-18-28)50-24-12-8-6-10-14-26-52-32(46)4-2/h3-4,15-22H,1-2,5-14,23-26H2. The van der Waals surface area contributed by atoms with Crippen molar-refractivity contribution >= 4 is 23.9 Å². The van der Waals surface area contributed by atoms with Crippen LogP contribution < -0.4 is 18.9 Å². The van der Waals surface area contributed by atoms with Gasteiger partial charge in [0.25, 0.3) is 0 Å². The molecule has 0 saturated heterocycles. The second-order valence-corrected chi connectivity index (χ2v) is 11.7. The Morgan fingerprint density at radius 2 is 0.759 bits per heavy atom. The first-order valence-corrected chi connectivity index (χ1v) is 17.4. The van der Waals surface area contributed by atoms with E-state index in [1.165, 1.54) is 48.5 Å². The zero-order valence-corrected chi connectivity index (χ0v) is 29.7. The highest BCUT2D eigenvalue weighted by Crippen LogP contribution is 2.35. The van der Waals surface area contributed by atoms with Gasteiger partial charge in [-0.1, -0.05) is 51.7 Å². The van der Waals surface area contributed by atoms with Crippen LogP contribution in [0.1, 0.15) is 84.9 Å². The van der Waals surface area contributed by atoms with Crippen LogP contribution in [0, 0.1) is 23.3 Å². The van der Waals surface area contributed by atoms with Gasteiger partial charge < -0.3 is 28.4 Å². The van der Waals surface area contributed by atoms with Gasteiger partial charge in [-0.15, -0.1) is 0 Å². The molecule has 290 valence electrons. The third-order valence-corrected chi connectivity index (χ3v) is 7.69. The fourth-order valence-corrected chi connectivity index (χ4v) is 4.76. The molecule has 0 bridgehead atoms. The molecular weight excluding hydrogens is 716 g/mol. The summed E-state index contributed by atoms with van der Waals surface area (Å²) in [7, 11) is 0. The highest BCUT2D eigenvalue weighted by molar-refractivity contribution is 5.92. The second kappa shape index (κ2) is 23.1. The van der Waals surface area contributed by atoms with Crippen molar-refractivity contribution in [3.05, 3.63) is 108 Å². The first kappa shape index (κ1) is 42.8. The van der Waals surface area contributed by atoms with E-state index in [0.717, 1.165) is 76.4 Å². The Labute approximate surface area is 310 Å². The Hall–Kier alpha value is -5.66. The summed E-state index contributed by atoms with van der Waals surface area (Å²) in [4.78, 5) is 47.1. The summed E-state index contributed by atoms with van der Waals surface area (Å²) >= 11 is 0. The molecule has 3 aromatic carbocycles. The van der Waals surface area contributed by atoms with E-state index in [1.807, 2.05) is 0 Å². The third-order valence-electron chi connectivity index (χ3n) is 7.69. The van der Waals surface area contributed by atoms with Crippen LogP contribution in [0.5, 0.6) is 23.0 Å². The monoisotopic (exact) mass is 758 g/mol. The smallest absolute Gasteiger partial charge is 0.343 e. The quantitative estimate of drug-likeness (QED) is 0.0219. The van der Waals surface area contributed by atoms with Crippen molar-refractivity contribution in [2.24, 2.45) is 0 Å². The number of unbranched alkanes of at least 4 members (excludes halogenated alkanes) is 8. The highest BCUT2D eigenvalue weighted by Gasteiger charge is 2.31. The molecule has 0 fully saturated rings. The molecule has 0 spiro atoms. The van der Waals surface area contributed by atoms with Crippen LogP contribution >= 0.6 is 0 Å². The number of benzene rings is 3. The summed E-state index contributed by atoms with van der Waals surface area (Å²) in [5.74, 6) is -14.4. The maximum absolute atomic E-state index is 14.8. The number of halogens is 4. The van der Waals surface area contributed by atoms with E-state index < -0.39 is 58.6 Å². The zero-order chi connectivity index (χ0) is 39.3. The minimum absolute atomic E-state index is 0.192. The maximum Gasteiger partial charge on any atom is 0.343 e. The zero-order valence-electron chi connectivity index (χ0n) is 29.7. The Bertz CT molecular complexity index is 1570. The predicted molar refractivity (Wildman–Crippen MR) is 189 cm³/mol. The molecule has 0 amide bonds. The topological polar surface area (TPSA) is 124 Å². The largest absolute Gasteiger partial charge is 0.494 e. The molecule has 0 aliphatic rings. The van der Waals surface area contributed by atoms with Gasteiger partial charge in [0.05, 0.1) is 37.6 Å². The summed E-state index contributed by atoms with van der Waals surface area (Å²) in [6.45, 7) is 8.07. The molecule has 0 aliphatic heterocycles. The van der Waals surface area contributed by atoms with Crippen LogP contribution in [0.15, 0.2) is 73.8 Å². The van der Waals surface area contributed by atoms with E-state index in [1.54, 1.807) is 0 Å². The highest BCUT2D eigenvalue weighted by atomic mass is 19.2. The van der Waals surface area contributed by atoms with Gasteiger partial charge in [0.15, 0.2) is 0 Å². The van der Waals surface area contributed by atoms with Crippen molar-refractivity contribution in [3.8, 4) is 23.0 Å². The first-order valence-electron chi connectivity index (χ1n) is 17.4. The number of rotatable bonds is 24. The number of carbonyl (C=O) groups excluding carboxylic acids is 4.